The molecule has 0 saturated heterocycles. The van der Waals surface area contributed by atoms with E-state index in [-0.39, 0.29) is 23.6 Å². The lowest BCUT2D eigenvalue weighted by Gasteiger charge is -2.13. The molecule has 0 aromatic carbocycles. The van der Waals surface area contributed by atoms with Crippen LogP contribution >= 0.6 is 11.3 Å². The molecule has 0 spiro atoms. The number of thiazole rings is 1. The monoisotopic (exact) mass is 324 g/mol. The molecule has 1 N–H and O–H groups in total. The summed E-state index contributed by atoms with van der Waals surface area (Å²) in [5, 5.41) is 3.44. The Morgan fingerprint density at radius 3 is 2.43 bits per heavy atom. The largest absolute Gasteiger partial charge is 0.434 e. The summed E-state index contributed by atoms with van der Waals surface area (Å²) in [4.78, 5) is 4.05. The van der Waals surface area contributed by atoms with Gasteiger partial charge in [0.2, 0.25) is 0 Å². The van der Waals surface area contributed by atoms with Gasteiger partial charge in [-0.1, -0.05) is 27.2 Å². The first-order chi connectivity index (χ1) is 9.79. The third-order valence-electron chi connectivity index (χ3n) is 2.85. The molecular formula is C14H23F3N2OS. The van der Waals surface area contributed by atoms with E-state index in [1.54, 1.807) is 0 Å². The summed E-state index contributed by atoms with van der Waals surface area (Å²) < 4.78 is 44.8. The second-order valence-corrected chi connectivity index (χ2v) is 6.21. The molecule has 0 fully saturated rings. The number of ether oxygens (including phenoxy) is 1. The first kappa shape index (κ1) is 18.4. The van der Waals surface area contributed by atoms with Crippen LogP contribution in [0.3, 0.4) is 0 Å². The molecule has 1 heterocycles. The number of nitrogens with zero attached hydrogens (tertiary/aromatic N) is 1. The zero-order valence-corrected chi connectivity index (χ0v) is 13.7. The number of hydrogen-bond donors (Lipinski definition) is 1. The Morgan fingerprint density at radius 2 is 1.95 bits per heavy atom. The van der Waals surface area contributed by atoms with E-state index in [9.17, 15) is 13.2 Å². The minimum atomic E-state index is -4.42. The topological polar surface area (TPSA) is 34.1 Å². The van der Waals surface area contributed by atoms with Gasteiger partial charge in [-0.05, 0) is 13.3 Å². The van der Waals surface area contributed by atoms with Crippen molar-refractivity contribution in [3.8, 4) is 0 Å². The second kappa shape index (κ2) is 8.10. The van der Waals surface area contributed by atoms with E-state index in [0.29, 0.717) is 18.0 Å². The lowest BCUT2D eigenvalue weighted by molar-refractivity contribution is -0.141. The maximum atomic E-state index is 13.1. The summed E-state index contributed by atoms with van der Waals surface area (Å²) in [6, 6.07) is 0.120. The van der Waals surface area contributed by atoms with Crippen LogP contribution in [0.2, 0.25) is 0 Å². The van der Waals surface area contributed by atoms with Gasteiger partial charge in [-0.2, -0.15) is 13.2 Å². The Labute approximate surface area is 127 Å². The van der Waals surface area contributed by atoms with Crippen LogP contribution in [-0.4, -0.2) is 17.6 Å². The van der Waals surface area contributed by atoms with Crippen molar-refractivity contribution in [2.75, 3.05) is 6.61 Å². The number of alkyl halides is 3. The lowest BCUT2D eigenvalue weighted by atomic mass is 10.2. The van der Waals surface area contributed by atoms with E-state index >= 15 is 0 Å². The number of rotatable bonds is 8. The zero-order valence-electron chi connectivity index (χ0n) is 12.9. The number of nitrogens with one attached hydrogen (secondary N) is 1. The molecule has 0 aliphatic carbocycles. The maximum Gasteiger partial charge on any atom is 0.434 e. The van der Waals surface area contributed by atoms with Crippen LogP contribution < -0.4 is 5.32 Å². The fourth-order valence-corrected chi connectivity index (χ4v) is 3.01. The molecule has 1 rings (SSSR count). The summed E-state index contributed by atoms with van der Waals surface area (Å²) in [6.45, 7) is 8.25. The fourth-order valence-electron chi connectivity index (χ4n) is 1.89. The molecule has 7 heteroatoms. The average Bonchev–Trinajstić information content (AvgIpc) is 2.80. The number of halogens is 3. The highest BCUT2D eigenvalue weighted by molar-refractivity contribution is 7.11. The molecule has 0 amide bonds. The predicted molar refractivity (Wildman–Crippen MR) is 78.4 cm³/mol. The first-order valence-electron chi connectivity index (χ1n) is 7.21. The average molecular weight is 324 g/mol. The van der Waals surface area contributed by atoms with Crippen LogP contribution in [0.4, 0.5) is 13.2 Å². The van der Waals surface area contributed by atoms with E-state index in [0.717, 1.165) is 17.8 Å². The van der Waals surface area contributed by atoms with Crippen molar-refractivity contribution in [1.82, 2.24) is 10.3 Å². The molecule has 1 aromatic rings. The van der Waals surface area contributed by atoms with Crippen LogP contribution in [0, 0.1) is 0 Å². The normalized spacial score (nSPS) is 13.9. The lowest BCUT2D eigenvalue weighted by Crippen LogP contribution is -2.23. The Morgan fingerprint density at radius 1 is 1.29 bits per heavy atom. The molecule has 0 bridgehead atoms. The van der Waals surface area contributed by atoms with Crippen molar-refractivity contribution in [3.63, 3.8) is 0 Å². The third kappa shape index (κ3) is 5.56. The zero-order chi connectivity index (χ0) is 16.0. The summed E-state index contributed by atoms with van der Waals surface area (Å²) in [5.74, 6) is 0. The van der Waals surface area contributed by atoms with Crippen LogP contribution in [0.1, 0.15) is 62.2 Å². The molecule has 1 unspecified atom stereocenters. The molecule has 122 valence electrons. The maximum absolute atomic E-state index is 13.1. The van der Waals surface area contributed by atoms with Crippen molar-refractivity contribution in [3.05, 3.63) is 15.6 Å². The van der Waals surface area contributed by atoms with Crippen molar-refractivity contribution in [1.29, 1.82) is 0 Å². The van der Waals surface area contributed by atoms with Crippen molar-refractivity contribution in [2.24, 2.45) is 0 Å². The van der Waals surface area contributed by atoms with Crippen molar-refractivity contribution >= 4 is 11.3 Å². The molecule has 1 atom stereocenters. The van der Waals surface area contributed by atoms with Crippen LogP contribution in [0.15, 0.2) is 0 Å². The molecule has 21 heavy (non-hydrogen) atoms. The molecule has 0 radical (unpaired) electrons. The van der Waals surface area contributed by atoms with E-state index in [2.05, 4.69) is 10.3 Å². The highest BCUT2D eigenvalue weighted by Crippen LogP contribution is 2.37. The van der Waals surface area contributed by atoms with Gasteiger partial charge in [0.1, 0.15) is 11.1 Å². The molecule has 3 nitrogen and oxygen atoms in total. The van der Waals surface area contributed by atoms with Crippen LogP contribution in [0.5, 0.6) is 0 Å². The van der Waals surface area contributed by atoms with Gasteiger partial charge in [0.15, 0.2) is 5.69 Å². The minimum Gasteiger partial charge on any atom is -0.371 e. The Hall–Kier alpha value is -0.660. The van der Waals surface area contributed by atoms with E-state index in [4.69, 9.17) is 4.74 Å². The van der Waals surface area contributed by atoms with Gasteiger partial charge >= 0.3 is 6.18 Å². The Kier molecular flexibility index (Phi) is 7.09. The summed E-state index contributed by atoms with van der Waals surface area (Å²) in [7, 11) is 0. The van der Waals surface area contributed by atoms with Gasteiger partial charge in [0.25, 0.3) is 0 Å². The summed E-state index contributed by atoms with van der Waals surface area (Å²) in [5.41, 5.74) is -0.781. The predicted octanol–water partition coefficient (Wildman–Crippen LogP) is 4.54. The first-order valence-corrected chi connectivity index (χ1v) is 8.02. The van der Waals surface area contributed by atoms with E-state index in [1.165, 1.54) is 0 Å². The molecular weight excluding hydrogens is 301 g/mol. The minimum absolute atomic E-state index is 0.120. The van der Waals surface area contributed by atoms with Crippen molar-refractivity contribution < 1.29 is 17.9 Å². The molecule has 1 aromatic heterocycles. The Balaban J connectivity index is 3.05. The van der Waals surface area contributed by atoms with Gasteiger partial charge in [-0.3, -0.25) is 0 Å². The van der Waals surface area contributed by atoms with E-state index < -0.39 is 11.9 Å². The standard InChI is InChI=1S/C14H23F3N2OS/c1-5-7-10(20-6-2)13-19-12(14(15,16)17)11(21-13)8-18-9(3)4/h9-10,18H,5-8H2,1-4H3. The van der Waals surface area contributed by atoms with E-state index in [1.807, 2.05) is 27.7 Å². The Bertz CT molecular complexity index is 426. The molecule has 0 aliphatic rings. The van der Waals surface area contributed by atoms with Gasteiger partial charge in [-0.25, -0.2) is 4.98 Å². The number of hydrogen-bond acceptors (Lipinski definition) is 4. The second-order valence-electron chi connectivity index (χ2n) is 5.09. The van der Waals surface area contributed by atoms with Crippen LogP contribution in [-0.2, 0) is 17.5 Å². The number of aromatic nitrogens is 1. The molecule has 0 saturated carbocycles. The quantitative estimate of drug-likeness (QED) is 0.762. The summed E-state index contributed by atoms with van der Waals surface area (Å²) >= 11 is 1.10. The SMILES string of the molecule is CCCC(OCC)c1nc(C(F)(F)F)c(CNC(C)C)s1. The van der Waals surface area contributed by atoms with Gasteiger partial charge in [0.05, 0.1) is 4.88 Å². The molecule has 0 aliphatic heterocycles. The van der Waals surface area contributed by atoms with Gasteiger partial charge in [-0.15, -0.1) is 11.3 Å². The highest BCUT2D eigenvalue weighted by Gasteiger charge is 2.38. The third-order valence-corrected chi connectivity index (χ3v) is 3.99. The smallest absolute Gasteiger partial charge is 0.371 e. The van der Waals surface area contributed by atoms with Gasteiger partial charge < -0.3 is 10.1 Å². The highest BCUT2D eigenvalue weighted by atomic mass is 32.1. The van der Waals surface area contributed by atoms with Crippen LogP contribution in [0.25, 0.3) is 0 Å². The van der Waals surface area contributed by atoms with Crippen molar-refractivity contribution in [2.45, 2.75) is 65.4 Å². The summed E-state index contributed by atoms with van der Waals surface area (Å²) in [6.07, 6.45) is -3.26. The fraction of sp³-hybridized carbons (Fsp3) is 0.786. The van der Waals surface area contributed by atoms with Gasteiger partial charge in [0, 0.05) is 19.2 Å².